The fourth-order valence-corrected chi connectivity index (χ4v) is 3.57. The Kier molecular flexibility index (Phi) is 4.04. The zero-order valence-corrected chi connectivity index (χ0v) is 14.1. The molecule has 2 N–H and O–H groups in total. The van der Waals surface area contributed by atoms with Crippen molar-refractivity contribution in [2.75, 3.05) is 0 Å². The molecule has 1 unspecified atom stereocenters. The second-order valence-electron chi connectivity index (χ2n) is 6.41. The van der Waals surface area contributed by atoms with Crippen molar-refractivity contribution >= 4 is 21.6 Å². The highest BCUT2D eigenvalue weighted by molar-refractivity contribution is 7.89. The Bertz CT molecular complexity index is 655. The van der Waals surface area contributed by atoms with Crippen molar-refractivity contribution in [1.82, 2.24) is 0 Å². The van der Waals surface area contributed by atoms with Gasteiger partial charge in [-0.3, -0.25) is 0 Å². The molecule has 0 aliphatic carbocycles. The topological polar surface area (TPSA) is 78.6 Å². The van der Waals surface area contributed by atoms with E-state index in [2.05, 4.69) is 0 Å². The van der Waals surface area contributed by atoms with Crippen LogP contribution in [0.15, 0.2) is 23.1 Å². The van der Waals surface area contributed by atoms with Crippen LogP contribution in [-0.2, 0) is 14.8 Å². The van der Waals surface area contributed by atoms with Gasteiger partial charge in [0.1, 0.15) is 22.4 Å². The van der Waals surface area contributed by atoms with Gasteiger partial charge in [0.15, 0.2) is 0 Å². The molecule has 1 aromatic rings. The highest BCUT2D eigenvalue weighted by atomic mass is 35.5. The Labute approximate surface area is 130 Å². The minimum absolute atomic E-state index is 0.115. The molecule has 0 amide bonds. The van der Waals surface area contributed by atoms with E-state index in [0.29, 0.717) is 6.42 Å². The lowest BCUT2D eigenvalue weighted by Crippen LogP contribution is -2.37. The highest BCUT2D eigenvalue weighted by Crippen LogP contribution is 2.40. The number of rotatable bonds is 3. The maximum Gasteiger partial charge on any atom is 0.241 e. The Morgan fingerprint density at radius 3 is 2.43 bits per heavy atom. The molecule has 7 heteroatoms. The minimum atomic E-state index is -3.91. The molecule has 1 aliphatic heterocycles. The SMILES string of the molecule is CC1(C)CC(Oc2ccc(Cl)cc2S(N)(=O)=O)C(C)(C)O1. The van der Waals surface area contributed by atoms with Crippen molar-refractivity contribution in [3.05, 3.63) is 23.2 Å². The summed E-state index contributed by atoms with van der Waals surface area (Å²) in [5.41, 5.74) is -0.860. The van der Waals surface area contributed by atoms with Gasteiger partial charge >= 0.3 is 0 Å². The van der Waals surface area contributed by atoms with E-state index in [9.17, 15) is 8.42 Å². The van der Waals surface area contributed by atoms with Gasteiger partial charge < -0.3 is 9.47 Å². The van der Waals surface area contributed by atoms with Gasteiger partial charge in [-0.05, 0) is 45.9 Å². The zero-order valence-electron chi connectivity index (χ0n) is 12.5. The summed E-state index contributed by atoms with van der Waals surface area (Å²) in [7, 11) is -3.91. The van der Waals surface area contributed by atoms with Gasteiger partial charge in [0.25, 0.3) is 0 Å². The van der Waals surface area contributed by atoms with Gasteiger partial charge in [-0.2, -0.15) is 0 Å². The summed E-state index contributed by atoms with van der Waals surface area (Å²) in [5.74, 6) is 0.196. The zero-order chi connectivity index (χ0) is 16.1. The molecule has 1 aliphatic rings. The monoisotopic (exact) mass is 333 g/mol. The number of hydrogen-bond acceptors (Lipinski definition) is 4. The number of hydrogen-bond donors (Lipinski definition) is 1. The summed E-state index contributed by atoms with van der Waals surface area (Å²) in [5, 5.41) is 5.51. The van der Waals surface area contributed by atoms with Crippen molar-refractivity contribution in [2.24, 2.45) is 5.14 Å². The van der Waals surface area contributed by atoms with Crippen molar-refractivity contribution in [2.45, 2.75) is 56.3 Å². The van der Waals surface area contributed by atoms with Crippen LogP contribution in [0.2, 0.25) is 5.02 Å². The number of ether oxygens (including phenoxy) is 2. The van der Waals surface area contributed by atoms with Crippen LogP contribution in [0.1, 0.15) is 34.1 Å². The number of nitrogens with two attached hydrogens (primary N) is 1. The third-order valence-corrected chi connectivity index (χ3v) is 4.64. The molecule has 0 radical (unpaired) electrons. The van der Waals surface area contributed by atoms with Crippen LogP contribution in [0.25, 0.3) is 0 Å². The fraction of sp³-hybridized carbons (Fsp3) is 0.571. The Balaban J connectivity index is 2.37. The van der Waals surface area contributed by atoms with Gasteiger partial charge in [0.2, 0.25) is 10.0 Å². The first-order valence-electron chi connectivity index (χ1n) is 6.60. The summed E-state index contributed by atoms with van der Waals surface area (Å²) in [6.07, 6.45) is 0.362. The molecule has 1 saturated heterocycles. The molecule has 0 aromatic heterocycles. The lowest BCUT2D eigenvalue weighted by Gasteiger charge is -2.28. The highest BCUT2D eigenvalue weighted by Gasteiger charge is 2.47. The van der Waals surface area contributed by atoms with Crippen molar-refractivity contribution in [3.8, 4) is 5.75 Å². The summed E-state index contributed by atoms with van der Waals surface area (Å²) >= 11 is 5.84. The van der Waals surface area contributed by atoms with Crippen LogP contribution in [-0.4, -0.2) is 25.7 Å². The van der Waals surface area contributed by atoms with E-state index in [0.717, 1.165) is 0 Å². The van der Waals surface area contributed by atoms with Gasteiger partial charge in [0, 0.05) is 11.4 Å². The molecule has 1 fully saturated rings. The van der Waals surface area contributed by atoms with Gasteiger partial charge in [-0.25, -0.2) is 13.6 Å². The molecule has 0 bridgehead atoms. The van der Waals surface area contributed by atoms with E-state index >= 15 is 0 Å². The first kappa shape index (κ1) is 16.5. The third kappa shape index (κ3) is 3.69. The Hall–Kier alpha value is -0.820. The predicted molar refractivity (Wildman–Crippen MR) is 81.1 cm³/mol. The van der Waals surface area contributed by atoms with Crippen LogP contribution in [0.4, 0.5) is 0 Å². The van der Waals surface area contributed by atoms with Crippen LogP contribution >= 0.6 is 11.6 Å². The number of benzene rings is 1. The summed E-state index contributed by atoms with van der Waals surface area (Å²) in [6, 6.07) is 4.38. The molecule has 118 valence electrons. The van der Waals surface area contributed by atoms with Crippen LogP contribution in [0.3, 0.4) is 0 Å². The van der Waals surface area contributed by atoms with E-state index in [1.54, 1.807) is 6.07 Å². The second-order valence-corrected chi connectivity index (χ2v) is 8.38. The van der Waals surface area contributed by atoms with E-state index in [1.165, 1.54) is 12.1 Å². The minimum Gasteiger partial charge on any atom is -0.486 e. The summed E-state index contributed by atoms with van der Waals surface area (Å²) in [4.78, 5) is -0.115. The summed E-state index contributed by atoms with van der Waals surface area (Å²) < 4.78 is 35.2. The van der Waals surface area contributed by atoms with E-state index < -0.39 is 15.6 Å². The lowest BCUT2D eigenvalue weighted by molar-refractivity contribution is -0.0849. The molecule has 21 heavy (non-hydrogen) atoms. The molecule has 1 heterocycles. The molecular formula is C14H20ClNO4S. The largest absolute Gasteiger partial charge is 0.486 e. The van der Waals surface area contributed by atoms with E-state index in [1.807, 2.05) is 27.7 Å². The van der Waals surface area contributed by atoms with E-state index in [4.69, 9.17) is 26.2 Å². The summed E-state index contributed by atoms with van der Waals surface area (Å²) in [6.45, 7) is 7.78. The first-order valence-corrected chi connectivity index (χ1v) is 8.52. The van der Waals surface area contributed by atoms with Crippen molar-refractivity contribution in [1.29, 1.82) is 0 Å². The third-order valence-electron chi connectivity index (χ3n) is 3.47. The molecule has 0 spiro atoms. The lowest BCUT2D eigenvalue weighted by atomic mass is 9.97. The van der Waals surface area contributed by atoms with Gasteiger partial charge in [-0.1, -0.05) is 11.6 Å². The Morgan fingerprint density at radius 1 is 1.33 bits per heavy atom. The Morgan fingerprint density at radius 2 is 1.95 bits per heavy atom. The van der Waals surface area contributed by atoms with Gasteiger partial charge in [0.05, 0.1) is 5.60 Å². The number of primary sulfonamides is 1. The normalized spacial score (nSPS) is 24.0. The molecule has 1 aromatic carbocycles. The fourth-order valence-electron chi connectivity index (χ4n) is 2.65. The molecule has 2 rings (SSSR count). The van der Waals surface area contributed by atoms with Crippen molar-refractivity contribution in [3.63, 3.8) is 0 Å². The number of sulfonamides is 1. The quantitative estimate of drug-likeness (QED) is 0.922. The smallest absolute Gasteiger partial charge is 0.241 e. The molecule has 1 atom stereocenters. The van der Waals surface area contributed by atoms with Crippen LogP contribution < -0.4 is 9.88 Å². The van der Waals surface area contributed by atoms with Gasteiger partial charge in [-0.15, -0.1) is 0 Å². The van der Waals surface area contributed by atoms with E-state index in [-0.39, 0.29) is 27.4 Å². The maximum absolute atomic E-state index is 11.7. The molecule has 0 saturated carbocycles. The average Bonchev–Trinajstić information content (AvgIpc) is 2.47. The predicted octanol–water partition coefficient (Wildman–Crippen LogP) is 2.71. The second kappa shape index (κ2) is 5.12. The van der Waals surface area contributed by atoms with Crippen LogP contribution in [0.5, 0.6) is 5.75 Å². The first-order chi connectivity index (χ1) is 9.41. The number of halogens is 1. The van der Waals surface area contributed by atoms with Crippen LogP contribution in [0, 0.1) is 0 Å². The molecular weight excluding hydrogens is 314 g/mol. The maximum atomic E-state index is 11.7. The average molecular weight is 334 g/mol. The standard InChI is InChI=1S/C14H20ClNO4S/c1-13(2)8-12(14(3,4)20-13)19-10-6-5-9(15)7-11(10)21(16,17)18/h5-7,12H,8H2,1-4H3,(H2,16,17,18). The molecule has 5 nitrogen and oxygen atoms in total. The van der Waals surface area contributed by atoms with Crippen molar-refractivity contribution < 1.29 is 17.9 Å².